The van der Waals surface area contributed by atoms with Crippen molar-refractivity contribution in [1.82, 2.24) is 10.2 Å². The van der Waals surface area contributed by atoms with E-state index in [1.165, 1.54) is 6.26 Å². The van der Waals surface area contributed by atoms with Gasteiger partial charge in [0.2, 0.25) is 0 Å². The van der Waals surface area contributed by atoms with Crippen LogP contribution in [-0.2, 0) is 9.59 Å². The normalized spacial score (nSPS) is 12.0. The van der Waals surface area contributed by atoms with Gasteiger partial charge in [-0.3, -0.25) is 14.5 Å². The van der Waals surface area contributed by atoms with E-state index in [1.54, 1.807) is 26.2 Å². The van der Waals surface area contributed by atoms with Gasteiger partial charge >= 0.3 is 11.8 Å². The monoisotopic (exact) mass is 337 g/mol. The van der Waals surface area contributed by atoms with E-state index in [-0.39, 0.29) is 18.3 Å². The minimum Gasteiger partial charge on any atom is -0.468 e. The quantitative estimate of drug-likeness (QED) is 0.818. The zero-order valence-electron chi connectivity index (χ0n) is 13.2. The number of amides is 2. The van der Waals surface area contributed by atoms with E-state index >= 15 is 0 Å². The summed E-state index contributed by atoms with van der Waals surface area (Å²) < 4.78 is 31.2. The van der Waals surface area contributed by atoms with Crippen molar-refractivity contribution in [1.29, 1.82) is 0 Å². The van der Waals surface area contributed by atoms with E-state index in [9.17, 15) is 18.4 Å². The summed E-state index contributed by atoms with van der Waals surface area (Å²) in [6.07, 6.45) is 1.52. The molecule has 0 bridgehead atoms. The first-order valence-corrected chi connectivity index (χ1v) is 7.12. The van der Waals surface area contributed by atoms with Gasteiger partial charge in [0.05, 0.1) is 12.3 Å². The second kappa shape index (κ2) is 7.69. The fourth-order valence-corrected chi connectivity index (χ4v) is 2.05. The molecular weight excluding hydrogens is 320 g/mol. The summed E-state index contributed by atoms with van der Waals surface area (Å²) in [5, 5.41) is 4.68. The minimum atomic E-state index is -1.11. The molecule has 1 aromatic carbocycles. The zero-order chi connectivity index (χ0) is 17.7. The average molecular weight is 337 g/mol. The highest BCUT2D eigenvalue weighted by Gasteiger charge is 2.20. The molecule has 0 saturated carbocycles. The van der Waals surface area contributed by atoms with Crippen LogP contribution in [0.2, 0.25) is 0 Å². The van der Waals surface area contributed by atoms with Gasteiger partial charge < -0.3 is 15.1 Å². The highest BCUT2D eigenvalue weighted by atomic mass is 19.2. The van der Waals surface area contributed by atoms with Crippen LogP contribution in [0.25, 0.3) is 0 Å². The number of carbonyl (C=O) groups is 2. The summed E-state index contributed by atoms with van der Waals surface area (Å²) >= 11 is 0. The van der Waals surface area contributed by atoms with Gasteiger partial charge in [-0.2, -0.15) is 0 Å². The molecule has 6 nitrogen and oxygen atoms in total. The van der Waals surface area contributed by atoms with Gasteiger partial charge in [0.25, 0.3) is 0 Å². The number of halogens is 2. The molecule has 0 radical (unpaired) electrons. The van der Waals surface area contributed by atoms with E-state index < -0.39 is 23.4 Å². The summed E-state index contributed by atoms with van der Waals surface area (Å²) in [5.74, 6) is -3.37. The molecule has 24 heavy (non-hydrogen) atoms. The number of nitrogens with zero attached hydrogens (tertiary/aromatic N) is 1. The summed E-state index contributed by atoms with van der Waals surface area (Å²) in [7, 11) is 3.61. The van der Waals surface area contributed by atoms with Crippen molar-refractivity contribution >= 4 is 17.5 Å². The lowest BCUT2D eigenvalue weighted by atomic mass is 10.2. The van der Waals surface area contributed by atoms with Crippen molar-refractivity contribution in [2.45, 2.75) is 6.04 Å². The Bertz CT molecular complexity index is 717. The molecule has 0 aliphatic rings. The molecule has 128 valence electrons. The summed E-state index contributed by atoms with van der Waals surface area (Å²) in [4.78, 5) is 25.5. The molecular formula is C16H17F2N3O3. The molecule has 2 aromatic rings. The van der Waals surface area contributed by atoms with Gasteiger partial charge in [-0.1, -0.05) is 0 Å². The molecule has 0 aliphatic carbocycles. The van der Waals surface area contributed by atoms with Crippen molar-refractivity contribution in [3.05, 3.63) is 54.0 Å². The SMILES string of the molecule is CN(C)C(CNC(=O)C(=O)Nc1ccc(F)c(F)c1)c1ccco1. The number of hydrogen-bond donors (Lipinski definition) is 2. The van der Waals surface area contributed by atoms with Crippen molar-refractivity contribution in [3.63, 3.8) is 0 Å². The third kappa shape index (κ3) is 4.39. The van der Waals surface area contributed by atoms with E-state index in [4.69, 9.17) is 4.42 Å². The molecule has 0 spiro atoms. The summed E-state index contributed by atoms with van der Waals surface area (Å²) in [6, 6.07) is 6.06. The molecule has 0 fully saturated rings. The van der Waals surface area contributed by atoms with E-state index in [1.807, 2.05) is 4.90 Å². The number of benzene rings is 1. The topological polar surface area (TPSA) is 74.6 Å². The second-order valence-electron chi connectivity index (χ2n) is 5.29. The Morgan fingerprint density at radius 3 is 2.50 bits per heavy atom. The average Bonchev–Trinajstić information content (AvgIpc) is 3.04. The summed E-state index contributed by atoms with van der Waals surface area (Å²) in [6.45, 7) is 0.143. The first-order valence-electron chi connectivity index (χ1n) is 7.12. The van der Waals surface area contributed by atoms with E-state index in [0.717, 1.165) is 18.2 Å². The smallest absolute Gasteiger partial charge is 0.313 e. The molecule has 0 saturated heterocycles. The molecule has 0 aliphatic heterocycles. The fraction of sp³-hybridized carbons (Fsp3) is 0.250. The second-order valence-corrected chi connectivity index (χ2v) is 5.29. The maximum atomic E-state index is 13.1. The van der Waals surface area contributed by atoms with E-state index in [2.05, 4.69) is 10.6 Å². The maximum Gasteiger partial charge on any atom is 0.313 e. The molecule has 1 aromatic heterocycles. The number of furan rings is 1. The van der Waals surface area contributed by atoms with Crippen molar-refractivity contribution < 1.29 is 22.8 Å². The number of carbonyl (C=O) groups excluding carboxylic acids is 2. The molecule has 1 heterocycles. The van der Waals surface area contributed by atoms with Crippen LogP contribution in [0.4, 0.5) is 14.5 Å². The Labute approximate surface area is 137 Å². The van der Waals surface area contributed by atoms with Crippen LogP contribution in [0.5, 0.6) is 0 Å². The van der Waals surface area contributed by atoms with Crippen LogP contribution in [0.1, 0.15) is 11.8 Å². The van der Waals surface area contributed by atoms with Gasteiger partial charge in [0.15, 0.2) is 11.6 Å². The molecule has 8 heteroatoms. The highest BCUT2D eigenvalue weighted by molar-refractivity contribution is 6.39. The molecule has 2 rings (SSSR count). The largest absolute Gasteiger partial charge is 0.468 e. The lowest BCUT2D eigenvalue weighted by molar-refractivity contribution is -0.136. The number of rotatable bonds is 5. The predicted molar refractivity (Wildman–Crippen MR) is 83.1 cm³/mol. The minimum absolute atomic E-state index is 0.00996. The Kier molecular flexibility index (Phi) is 5.64. The molecule has 2 amide bonds. The maximum absolute atomic E-state index is 13.1. The van der Waals surface area contributed by atoms with E-state index in [0.29, 0.717) is 5.76 Å². The highest BCUT2D eigenvalue weighted by Crippen LogP contribution is 2.17. The van der Waals surface area contributed by atoms with Gasteiger partial charge in [0, 0.05) is 18.3 Å². The molecule has 1 atom stereocenters. The van der Waals surface area contributed by atoms with Gasteiger partial charge in [-0.05, 0) is 38.4 Å². The Balaban J connectivity index is 1.93. The van der Waals surface area contributed by atoms with Crippen molar-refractivity contribution in [2.75, 3.05) is 26.0 Å². The van der Waals surface area contributed by atoms with Crippen LogP contribution in [0.3, 0.4) is 0 Å². The molecule has 1 unspecified atom stereocenters. The predicted octanol–water partition coefficient (Wildman–Crippen LogP) is 1.92. The van der Waals surface area contributed by atoms with Gasteiger partial charge in [-0.15, -0.1) is 0 Å². The van der Waals surface area contributed by atoms with Crippen LogP contribution in [-0.4, -0.2) is 37.4 Å². The Hall–Kier alpha value is -2.74. The fourth-order valence-electron chi connectivity index (χ4n) is 2.05. The van der Waals surface area contributed by atoms with Crippen LogP contribution >= 0.6 is 0 Å². The lowest BCUT2D eigenvalue weighted by Gasteiger charge is -2.22. The Morgan fingerprint density at radius 2 is 1.92 bits per heavy atom. The number of hydrogen-bond acceptors (Lipinski definition) is 4. The first-order chi connectivity index (χ1) is 11.4. The first kappa shape index (κ1) is 17.6. The van der Waals surface area contributed by atoms with Gasteiger partial charge in [-0.25, -0.2) is 8.78 Å². The third-order valence-corrected chi connectivity index (χ3v) is 3.33. The lowest BCUT2D eigenvalue weighted by Crippen LogP contribution is -2.40. The Morgan fingerprint density at radius 1 is 1.17 bits per heavy atom. The third-order valence-electron chi connectivity index (χ3n) is 3.33. The van der Waals surface area contributed by atoms with Crippen LogP contribution in [0.15, 0.2) is 41.0 Å². The standard InChI is InChI=1S/C16H17F2N3O3/c1-21(2)13(14-4-3-7-24-14)9-19-15(22)16(23)20-10-5-6-11(17)12(18)8-10/h3-8,13H,9H2,1-2H3,(H,19,22)(H,20,23). The number of likely N-dealkylation sites (N-methyl/N-ethyl adjacent to an activating group) is 1. The molecule has 2 N–H and O–H groups in total. The van der Waals surface area contributed by atoms with Crippen molar-refractivity contribution in [2.24, 2.45) is 0 Å². The van der Waals surface area contributed by atoms with Crippen molar-refractivity contribution in [3.8, 4) is 0 Å². The van der Waals surface area contributed by atoms with Gasteiger partial charge in [0.1, 0.15) is 5.76 Å². The van der Waals surface area contributed by atoms with Crippen LogP contribution in [0, 0.1) is 11.6 Å². The van der Waals surface area contributed by atoms with Crippen LogP contribution < -0.4 is 10.6 Å². The zero-order valence-corrected chi connectivity index (χ0v) is 13.2. The number of anilines is 1. The number of nitrogens with one attached hydrogen (secondary N) is 2. The summed E-state index contributed by atoms with van der Waals surface area (Å²) in [5.41, 5.74) is -0.00996.